The quantitative estimate of drug-likeness (QED) is 0.623. The van der Waals surface area contributed by atoms with Crippen molar-refractivity contribution >= 4 is 21.6 Å². The zero-order chi connectivity index (χ0) is 23.4. The second-order valence-electron chi connectivity index (χ2n) is 8.94. The Morgan fingerprint density at radius 1 is 1.10 bits per heavy atom. The zero-order valence-corrected chi connectivity index (χ0v) is 20.3. The van der Waals surface area contributed by atoms with E-state index in [0.29, 0.717) is 5.69 Å². The van der Waals surface area contributed by atoms with Crippen LogP contribution in [0.4, 0.5) is 5.69 Å². The molecule has 7 heteroatoms. The van der Waals surface area contributed by atoms with Crippen LogP contribution in [0, 0.1) is 13.8 Å². The van der Waals surface area contributed by atoms with Gasteiger partial charge in [-0.15, -0.1) is 0 Å². The van der Waals surface area contributed by atoms with Gasteiger partial charge in [0.2, 0.25) is 15.9 Å². The first-order valence-corrected chi connectivity index (χ1v) is 12.2. The van der Waals surface area contributed by atoms with E-state index in [4.69, 9.17) is 4.74 Å². The Morgan fingerprint density at radius 2 is 1.71 bits per heavy atom. The van der Waals surface area contributed by atoms with Crippen molar-refractivity contribution in [2.45, 2.75) is 53.0 Å². The molecule has 1 atom stereocenters. The van der Waals surface area contributed by atoms with E-state index in [1.165, 1.54) is 9.87 Å². The van der Waals surface area contributed by atoms with Gasteiger partial charge in [-0.2, -0.15) is 0 Å². The molecule has 0 saturated carbocycles. The first kappa shape index (κ1) is 24.7. The molecule has 0 bridgehead atoms. The number of aryl methyl sites for hydroxylation is 2. The summed E-state index contributed by atoms with van der Waals surface area (Å²) >= 11 is 0. The van der Waals surface area contributed by atoms with Crippen molar-refractivity contribution in [1.29, 1.82) is 0 Å². The summed E-state index contributed by atoms with van der Waals surface area (Å²) in [4.78, 5) is 12.7. The molecule has 2 rings (SSSR count). The van der Waals surface area contributed by atoms with Crippen LogP contribution in [0.3, 0.4) is 0 Å². The van der Waals surface area contributed by atoms with Crippen LogP contribution >= 0.6 is 0 Å². The van der Waals surface area contributed by atoms with Gasteiger partial charge in [0.05, 0.1) is 18.5 Å². The Morgan fingerprint density at radius 3 is 2.26 bits per heavy atom. The highest BCUT2D eigenvalue weighted by molar-refractivity contribution is 7.92. The predicted octanol–water partition coefficient (Wildman–Crippen LogP) is 3.95. The monoisotopic (exact) mass is 446 g/mol. The number of rotatable bonds is 8. The van der Waals surface area contributed by atoms with Gasteiger partial charge in [0.25, 0.3) is 0 Å². The van der Waals surface area contributed by atoms with E-state index in [2.05, 4.69) is 26.1 Å². The van der Waals surface area contributed by atoms with E-state index in [9.17, 15) is 13.2 Å². The highest BCUT2D eigenvalue weighted by Gasteiger charge is 2.30. The molecule has 6 nitrogen and oxygen atoms in total. The van der Waals surface area contributed by atoms with Gasteiger partial charge in [0.1, 0.15) is 18.4 Å². The topological polar surface area (TPSA) is 75.7 Å². The van der Waals surface area contributed by atoms with Crippen LogP contribution in [0.25, 0.3) is 0 Å². The maximum absolute atomic E-state index is 12.7. The first-order chi connectivity index (χ1) is 14.3. The third kappa shape index (κ3) is 6.72. The van der Waals surface area contributed by atoms with Crippen molar-refractivity contribution in [3.05, 3.63) is 59.2 Å². The lowest BCUT2D eigenvalue weighted by Gasteiger charge is -2.29. The van der Waals surface area contributed by atoms with Gasteiger partial charge in [-0.3, -0.25) is 9.10 Å². The number of nitrogens with zero attached hydrogens (tertiary/aromatic N) is 1. The van der Waals surface area contributed by atoms with E-state index >= 15 is 0 Å². The second-order valence-corrected chi connectivity index (χ2v) is 10.8. The van der Waals surface area contributed by atoms with Crippen LogP contribution in [0.2, 0.25) is 0 Å². The Hall–Kier alpha value is -2.54. The summed E-state index contributed by atoms with van der Waals surface area (Å²) in [5.41, 5.74) is 3.52. The third-order valence-corrected chi connectivity index (χ3v) is 6.31. The Labute approximate surface area is 186 Å². The molecular weight excluding hydrogens is 412 g/mol. The largest absolute Gasteiger partial charge is 0.492 e. The van der Waals surface area contributed by atoms with Crippen molar-refractivity contribution in [3.8, 4) is 5.75 Å². The Bertz CT molecular complexity index is 1010. The van der Waals surface area contributed by atoms with Gasteiger partial charge < -0.3 is 10.1 Å². The number of nitrogens with one attached hydrogen (secondary N) is 1. The number of carbonyl (C=O) groups is 1. The molecule has 0 heterocycles. The lowest BCUT2D eigenvalue weighted by Crippen LogP contribution is -2.48. The van der Waals surface area contributed by atoms with Gasteiger partial charge in [-0.1, -0.05) is 45.0 Å². The van der Waals surface area contributed by atoms with Crippen molar-refractivity contribution in [2.75, 3.05) is 23.7 Å². The maximum atomic E-state index is 12.7. The number of carbonyl (C=O) groups excluding carboxylic acids is 1. The van der Waals surface area contributed by atoms with Gasteiger partial charge in [0, 0.05) is 0 Å². The number of hydrogen-bond donors (Lipinski definition) is 1. The Kier molecular flexibility index (Phi) is 7.76. The molecular formula is C24H34N2O4S. The molecule has 2 aromatic carbocycles. The molecule has 2 aromatic rings. The van der Waals surface area contributed by atoms with E-state index in [1.807, 2.05) is 50.2 Å². The van der Waals surface area contributed by atoms with Gasteiger partial charge >= 0.3 is 0 Å². The molecule has 0 fully saturated rings. The molecule has 0 aliphatic carbocycles. The number of amides is 1. The van der Waals surface area contributed by atoms with E-state index in [0.717, 1.165) is 23.1 Å². The van der Waals surface area contributed by atoms with E-state index in [1.54, 1.807) is 13.0 Å². The molecule has 0 spiro atoms. The lowest BCUT2D eigenvalue weighted by molar-refractivity contribution is -0.121. The summed E-state index contributed by atoms with van der Waals surface area (Å²) in [5, 5.41) is 2.77. The smallest absolute Gasteiger partial charge is 0.243 e. The second kappa shape index (κ2) is 9.73. The van der Waals surface area contributed by atoms with Crippen molar-refractivity contribution in [1.82, 2.24) is 5.32 Å². The minimum Gasteiger partial charge on any atom is -0.492 e. The van der Waals surface area contributed by atoms with Crippen LogP contribution in [0.15, 0.2) is 42.5 Å². The van der Waals surface area contributed by atoms with Gasteiger partial charge in [-0.25, -0.2) is 8.42 Å². The number of anilines is 1. The molecule has 31 heavy (non-hydrogen) atoms. The average Bonchev–Trinajstić information content (AvgIpc) is 2.66. The third-order valence-electron chi connectivity index (χ3n) is 5.08. The molecule has 0 saturated heterocycles. The first-order valence-electron chi connectivity index (χ1n) is 10.4. The molecule has 0 unspecified atom stereocenters. The lowest BCUT2D eigenvalue weighted by atomic mass is 9.87. The fourth-order valence-corrected chi connectivity index (χ4v) is 4.50. The highest BCUT2D eigenvalue weighted by Crippen LogP contribution is 2.26. The number of sulfonamides is 1. The summed E-state index contributed by atoms with van der Waals surface area (Å²) in [6.45, 7) is 12.3. The summed E-state index contributed by atoms with van der Waals surface area (Å²) in [5.74, 6) is 0.349. The fraction of sp³-hybridized carbons (Fsp3) is 0.458. The molecule has 0 aliphatic rings. The molecule has 0 aliphatic heterocycles. The van der Waals surface area contributed by atoms with Crippen LogP contribution in [0.1, 0.15) is 44.4 Å². The molecule has 170 valence electrons. The summed E-state index contributed by atoms with van der Waals surface area (Å²) in [6.07, 6.45) is 1.11. The zero-order valence-electron chi connectivity index (χ0n) is 19.5. The van der Waals surface area contributed by atoms with Crippen LogP contribution in [-0.2, 0) is 20.2 Å². The molecule has 0 radical (unpaired) electrons. The van der Waals surface area contributed by atoms with Crippen molar-refractivity contribution < 1.29 is 17.9 Å². The van der Waals surface area contributed by atoms with Gasteiger partial charge in [0.15, 0.2) is 0 Å². The molecule has 0 aromatic heterocycles. The standard InChI is InChI=1S/C24H34N2O4S/c1-17-8-9-18(2)22(16-17)26(31(7,28)29)19(3)23(27)25-14-15-30-21-12-10-20(11-13-21)24(4,5)6/h8-13,16,19H,14-15H2,1-7H3,(H,25,27)/t19-/m0/s1. The average molecular weight is 447 g/mol. The minimum absolute atomic E-state index is 0.0732. The van der Waals surface area contributed by atoms with Crippen molar-refractivity contribution in [3.63, 3.8) is 0 Å². The molecule has 1 N–H and O–H groups in total. The normalized spacial score (nSPS) is 12.9. The summed E-state index contributed by atoms with van der Waals surface area (Å²) in [7, 11) is -3.65. The van der Waals surface area contributed by atoms with Crippen LogP contribution in [0.5, 0.6) is 5.75 Å². The Balaban J connectivity index is 1.99. The van der Waals surface area contributed by atoms with Gasteiger partial charge in [-0.05, 0) is 61.1 Å². The highest BCUT2D eigenvalue weighted by atomic mass is 32.2. The number of hydrogen-bond acceptors (Lipinski definition) is 4. The number of ether oxygens (including phenoxy) is 1. The minimum atomic E-state index is -3.65. The SMILES string of the molecule is Cc1ccc(C)c(N([C@@H](C)C(=O)NCCOc2ccc(C(C)(C)C)cc2)S(C)(=O)=O)c1. The fourth-order valence-electron chi connectivity index (χ4n) is 3.28. The van der Waals surface area contributed by atoms with E-state index < -0.39 is 16.1 Å². The summed E-state index contributed by atoms with van der Waals surface area (Å²) in [6, 6.07) is 12.6. The van der Waals surface area contributed by atoms with Crippen molar-refractivity contribution in [2.24, 2.45) is 0 Å². The van der Waals surface area contributed by atoms with Crippen LogP contribution in [-0.4, -0.2) is 39.8 Å². The number of benzene rings is 2. The molecule has 1 amide bonds. The van der Waals surface area contributed by atoms with E-state index in [-0.39, 0.29) is 24.5 Å². The predicted molar refractivity (Wildman–Crippen MR) is 126 cm³/mol. The summed E-state index contributed by atoms with van der Waals surface area (Å²) < 4.78 is 31.8. The maximum Gasteiger partial charge on any atom is 0.243 e. The van der Waals surface area contributed by atoms with Crippen LogP contribution < -0.4 is 14.4 Å².